The van der Waals surface area contributed by atoms with Crippen molar-refractivity contribution in [1.29, 1.82) is 0 Å². The number of pyridine rings is 1. The summed E-state index contributed by atoms with van der Waals surface area (Å²) in [5, 5.41) is 3.64. The Balaban J connectivity index is 1.49. The van der Waals surface area contributed by atoms with Crippen molar-refractivity contribution in [1.82, 2.24) is 19.7 Å². The minimum absolute atomic E-state index is 0.0623. The number of benzene rings is 1. The molecule has 0 spiro atoms. The first kappa shape index (κ1) is 22.6. The van der Waals surface area contributed by atoms with Gasteiger partial charge in [0, 0.05) is 36.6 Å². The van der Waals surface area contributed by atoms with E-state index in [4.69, 9.17) is 4.74 Å². The van der Waals surface area contributed by atoms with Crippen LogP contribution >= 0.6 is 0 Å². The van der Waals surface area contributed by atoms with Crippen molar-refractivity contribution in [3.05, 3.63) is 65.4 Å². The van der Waals surface area contributed by atoms with Crippen LogP contribution in [0.4, 0.5) is 26.3 Å². The molecule has 3 heterocycles. The van der Waals surface area contributed by atoms with Crippen LogP contribution in [0.25, 0.3) is 11.1 Å². The molecule has 1 aromatic carbocycles. The highest BCUT2D eigenvalue weighted by atomic mass is 19.4. The second kappa shape index (κ2) is 8.75. The molecule has 2 aromatic heterocycles. The molecular formula is C21H16F6N4O2. The van der Waals surface area contributed by atoms with Crippen LogP contribution in [0, 0.1) is 5.82 Å². The van der Waals surface area contributed by atoms with E-state index in [-0.39, 0.29) is 30.1 Å². The predicted molar refractivity (Wildman–Crippen MR) is 103 cm³/mol. The number of halogens is 6. The summed E-state index contributed by atoms with van der Waals surface area (Å²) in [4.78, 5) is 17.9. The molecular weight excluding hydrogens is 454 g/mol. The fourth-order valence-electron chi connectivity index (χ4n) is 3.50. The van der Waals surface area contributed by atoms with Crippen LogP contribution in [0.2, 0.25) is 0 Å². The van der Waals surface area contributed by atoms with Gasteiger partial charge >= 0.3 is 6.18 Å². The molecule has 12 heteroatoms. The number of rotatable bonds is 7. The van der Waals surface area contributed by atoms with Gasteiger partial charge in [0.05, 0.1) is 6.20 Å². The third-order valence-electron chi connectivity index (χ3n) is 4.93. The third kappa shape index (κ3) is 5.10. The molecule has 0 saturated carbocycles. The zero-order valence-electron chi connectivity index (χ0n) is 16.8. The van der Waals surface area contributed by atoms with Crippen LogP contribution in [0.3, 0.4) is 0 Å². The van der Waals surface area contributed by atoms with Crippen molar-refractivity contribution in [2.45, 2.75) is 32.2 Å². The molecule has 3 aromatic rings. The minimum atomic E-state index is -4.43. The lowest BCUT2D eigenvalue weighted by Gasteiger charge is -2.16. The first-order valence-corrected chi connectivity index (χ1v) is 9.67. The number of carbonyl (C=O) groups is 1. The number of amides is 1. The lowest BCUT2D eigenvalue weighted by molar-refractivity contribution is -0.142. The van der Waals surface area contributed by atoms with Crippen molar-refractivity contribution in [3.8, 4) is 17.0 Å². The highest BCUT2D eigenvalue weighted by Gasteiger charge is 2.32. The van der Waals surface area contributed by atoms with E-state index in [1.165, 1.54) is 29.4 Å². The van der Waals surface area contributed by atoms with Gasteiger partial charge < -0.3 is 9.64 Å². The SMILES string of the molecule is O=C1c2c(ccnc2OCC(F)F)CN1Cc1ccc(-c2cnn(CC(F)(F)F)c2)cc1F. The molecule has 0 saturated heterocycles. The summed E-state index contributed by atoms with van der Waals surface area (Å²) in [6, 6.07) is 5.64. The van der Waals surface area contributed by atoms with Gasteiger partial charge in [0.1, 0.15) is 17.9 Å². The zero-order valence-corrected chi connectivity index (χ0v) is 16.8. The van der Waals surface area contributed by atoms with Crippen molar-refractivity contribution in [2.24, 2.45) is 0 Å². The van der Waals surface area contributed by atoms with E-state index in [0.717, 1.165) is 12.3 Å². The van der Waals surface area contributed by atoms with Gasteiger partial charge in [-0.15, -0.1) is 0 Å². The Morgan fingerprint density at radius 1 is 1.15 bits per heavy atom. The van der Waals surface area contributed by atoms with E-state index in [1.54, 1.807) is 6.07 Å². The molecule has 0 aliphatic carbocycles. The number of carbonyl (C=O) groups excluding carboxylic acids is 1. The maximum Gasteiger partial charge on any atom is 0.408 e. The van der Waals surface area contributed by atoms with Gasteiger partial charge in [-0.1, -0.05) is 12.1 Å². The van der Waals surface area contributed by atoms with Crippen molar-refractivity contribution >= 4 is 5.91 Å². The molecule has 6 nitrogen and oxygen atoms in total. The number of alkyl halides is 5. The smallest absolute Gasteiger partial charge is 0.408 e. The molecule has 1 amide bonds. The van der Waals surface area contributed by atoms with E-state index in [2.05, 4.69) is 10.1 Å². The number of aromatic nitrogens is 3. The van der Waals surface area contributed by atoms with Crippen LogP contribution in [-0.4, -0.2) is 44.8 Å². The molecule has 0 unspecified atom stereocenters. The summed E-state index contributed by atoms with van der Waals surface area (Å²) in [7, 11) is 0. The van der Waals surface area contributed by atoms with Gasteiger partial charge in [0.15, 0.2) is 6.61 Å². The molecule has 4 rings (SSSR count). The van der Waals surface area contributed by atoms with Gasteiger partial charge in [-0.3, -0.25) is 9.48 Å². The van der Waals surface area contributed by atoms with Crippen molar-refractivity contribution < 1.29 is 35.9 Å². The molecule has 174 valence electrons. The average Bonchev–Trinajstić information content (AvgIpc) is 3.31. The van der Waals surface area contributed by atoms with Gasteiger partial charge in [-0.05, 0) is 23.3 Å². The monoisotopic (exact) mass is 470 g/mol. The van der Waals surface area contributed by atoms with E-state index in [1.807, 2.05) is 0 Å². The molecule has 0 N–H and O–H groups in total. The summed E-state index contributed by atoms with van der Waals surface area (Å²) in [5.74, 6) is -1.39. The van der Waals surface area contributed by atoms with E-state index in [0.29, 0.717) is 21.4 Å². The van der Waals surface area contributed by atoms with Gasteiger partial charge in [0.25, 0.3) is 12.3 Å². The van der Waals surface area contributed by atoms with E-state index >= 15 is 0 Å². The standard InChI is InChI=1S/C21H16F6N4O2/c22-16-5-12(15-6-29-31(9-15)11-21(25,26)27)1-2-13(16)7-30-8-14-3-4-28-19(18(14)20(30)32)33-10-17(23)24/h1-6,9,17H,7-8,10-11H2. The second-order valence-corrected chi connectivity index (χ2v) is 7.36. The Bertz CT molecular complexity index is 1180. The van der Waals surface area contributed by atoms with Crippen LogP contribution in [0.5, 0.6) is 5.88 Å². The molecule has 0 fully saturated rings. The normalized spacial score (nSPS) is 13.7. The quantitative estimate of drug-likeness (QED) is 0.479. The largest absolute Gasteiger partial charge is 0.471 e. The first-order valence-electron chi connectivity index (χ1n) is 9.67. The highest BCUT2D eigenvalue weighted by molar-refractivity contribution is 6.00. The number of hydrogen-bond donors (Lipinski definition) is 0. The van der Waals surface area contributed by atoms with Crippen LogP contribution in [-0.2, 0) is 19.6 Å². The van der Waals surface area contributed by atoms with Gasteiger partial charge in [-0.25, -0.2) is 18.2 Å². The minimum Gasteiger partial charge on any atom is -0.471 e. The topological polar surface area (TPSA) is 60.2 Å². The Morgan fingerprint density at radius 2 is 1.94 bits per heavy atom. The fraction of sp³-hybridized carbons (Fsp3) is 0.286. The molecule has 0 bridgehead atoms. The van der Waals surface area contributed by atoms with Gasteiger partial charge in [0.2, 0.25) is 5.88 Å². The van der Waals surface area contributed by atoms with Crippen LogP contribution < -0.4 is 4.74 Å². The zero-order chi connectivity index (χ0) is 23.8. The highest BCUT2D eigenvalue weighted by Crippen LogP contribution is 2.31. The summed E-state index contributed by atoms with van der Waals surface area (Å²) in [6.07, 6.45) is -3.46. The Hall–Kier alpha value is -3.57. The van der Waals surface area contributed by atoms with E-state index in [9.17, 15) is 31.1 Å². The summed E-state index contributed by atoms with van der Waals surface area (Å²) in [6.45, 7) is -2.16. The molecule has 0 atom stereocenters. The molecule has 33 heavy (non-hydrogen) atoms. The van der Waals surface area contributed by atoms with Crippen LogP contribution in [0.15, 0.2) is 42.9 Å². The number of fused-ring (bicyclic) bond motifs is 1. The molecule has 1 aliphatic rings. The summed E-state index contributed by atoms with van der Waals surface area (Å²) < 4.78 is 82.8. The molecule has 1 aliphatic heterocycles. The maximum absolute atomic E-state index is 14.7. The lowest BCUT2D eigenvalue weighted by Crippen LogP contribution is -2.24. The lowest BCUT2D eigenvalue weighted by atomic mass is 10.1. The number of nitrogens with zero attached hydrogens (tertiary/aromatic N) is 4. The van der Waals surface area contributed by atoms with Crippen LogP contribution in [0.1, 0.15) is 21.5 Å². The Morgan fingerprint density at radius 3 is 2.64 bits per heavy atom. The predicted octanol–water partition coefficient (Wildman–Crippen LogP) is 4.45. The Kier molecular flexibility index (Phi) is 6.00. The second-order valence-electron chi connectivity index (χ2n) is 7.36. The number of ether oxygens (including phenoxy) is 1. The fourth-order valence-corrected chi connectivity index (χ4v) is 3.50. The van der Waals surface area contributed by atoms with Crippen molar-refractivity contribution in [3.63, 3.8) is 0 Å². The average molecular weight is 470 g/mol. The Labute approximate surface area is 183 Å². The number of hydrogen-bond acceptors (Lipinski definition) is 4. The first-order chi connectivity index (χ1) is 15.6. The summed E-state index contributed by atoms with van der Waals surface area (Å²) >= 11 is 0. The third-order valence-corrected chi connectivity index (χ3v) is 4.93. The summed E-state index contributed by atoms with van der Waals surface area (Å²) in [5.41, 5.74) is 1.39. The van der Waals surface area contributed by atoms with Crippen molar-refractivity contribution in [2.75, 3.05) is 6.61 Å². The van der Waals surface area contributed by atoms with E-state index < -0.39 is 37.5 Å². The molecule has 0 radical (unpaired) electrons. The van der Waals surface area contributed by atoms with Gasteiger partial charge in [-0.2, -0.15) is 18.3 Å². The maximum atomic E-state index is 14.7.